The van der Waals surface area contributed by atoms with Crippen LogP contribution in [0.5, 0.6) is 0 Å². The number of hydrogen-bond donors (Lipinski definition) is 2. The van der Waals surface area contributed by atoms with Crippen molar-refractivity contribution >= 4 is 33.0 Å². The molecule has 1 amide bonds. The summed E-state index contributed by atoms with van der Waals surface area (Å²) in [6.07, 6.45) is 1.75. The van der Waals surface area contributed by atoms with Crippen molar-refractivity contribution in [1.29, 1.82) is 0 Å². The fourth-order valence-corrected chi connectivity index (χ4v) is 5.53. The molecule has 0 unspecified atom stereocenters. The number of amides is 1. The van der Waals surface area contributed by atoms with Crippen molar-refractivity contribution < 1.29 is 17.9 Å². The average molecular weight is 443 g/mol. The first-order valence-electron chi connectivity index (χ1n) is 9.67. The van der Waals surface area contributed by atoms with Gasteiger partial charge in [0.2, 0.25) is 0 Å². The molecule has 3 aromatic rings. The van der Waals surface area contributed by atoms with Gasteiger partial charge in [0.25, 0.3) is 15.9 Å². The summed E-state index contributed by atoms with van der Waals surface area (Å²) >= 11 is 1.14. The monoisotopic (exact) mass is 442 g/mol. The smallest absolute Gasteiger partial charge is 0.271 e. The molecule has 2 heterocycles. The second kappa shape index (κ2) is 8.99. The van der Waals surface area contributed by atoms with Gasteiger partial charge < -0.3 is 10.1 Å². The average Bonchev–Trinajstić information content (AvgIpc) is 3.47. The standard InChI is InChI=1S/C22H22N2O4S2/c25-22(23-21(19-11-5-13-28-19)16-7-2-1-3-8-16)17-9-4-10-18(15-17)24-30(26,27)20-12-6-14-29-20/h1-4,6-10,12,14-15,19,21,24H,5,11,13H2,(H,23,25)/t19-,21+/m0/s1. The van der Waals surface area contributed by atoms with E-state index in [0.29, 0.717) is 17.9 Å². The molecule has 1 fully saturated rings. The zero-order chi connectivity index (χ0) is 21.0. The van der Waals surface area contributed by atoms with Crippen molar-refractivity contribution in [2.75, 3.05) is 11.3 Å². The molecule has 0 aliphatic carbocycles. The first kappa shape index (κ1) is 20.6. The number of hydrogen-bond acceptors (Lipinski definition) is 5. The van der Waals surface area contributed by atoms with Crippen LogP contribution in [0.4, 0.5) is 5.69 Å². The predicted molar refractivity (Wildman–Crippen MR) is 117 cm³/mol. The molecule has 0 saturated carbocycles. The topological polar surface area (TPSA) is 84.5 Å². The van der Waals surface area contributed by atoms with Crippen molar-refractivity contribution in [2.24, 2.45) is 0 Å². The van der Waals surface area contributed by atoms with Gasteiger partial charge in [-0.25, -0.2) is 8.42 Å². The van der Waals surface area contributed by atoms with Gasteiger partial charge >= 0.3 is 0 Å². The lowest BCUT2D eigenvalue weighted by atomic mass is 9.99. The van der Waals surface area contributed by atoms with Crippen molar-refractivity contribution in [2.45, 2.75) is 29.2 Å². The van der Waals surface area contributed by atoms with Crippen LogP contribution in [0.25, 0.3) is 0 Å². The molecule has 1 saturated heterocycles. The lowest BCUT2D eigenvalue weighted by Crippen LogP contribution is -2.36. The van der Waals surface area contributed by atoms with Gasteiger partial charge in [0.05, 0.1) is 12.1 Å². The van der Waals surface area contributed by atoms with Gasteiger partial charge in [-0.05, 0) is 48.1 Å². The Bertz CT molecular complexity index is 1090. The van der Waals surface area contributed by atoms with Gasteiger partial charge in [-0.2, -0.15) is 0 Å². The number of carbonyl (C=O) groups excluding carboxylic acids is 1. The van der Waals surface area contributed by atoms with E-state index in [4.69, 9.17) is 4.74 Å². The third-order valence-electron chi connectivity index (χ3n) is 4.92. The maximum absolute atomic E-state index is 13.0. The quantitative estimate of drug-likeness (QED) is 0.574. The Kier molecular flexibility index (Phi) is 6.17. The zero-order valence-electron chi connectivity index (χ0n) is 16.2. The molecule has 1 aliphatic heterocycles. The lowest BCUT2D eigenvalue weighted by Gasteiger charge is -2.25. The highest BCUT2D eigenvalue weighted by atomic mass is 32.2. The number of carbonyl (C=O) groups is 1. The summed E-state index contributed by atoms with van der Waals surface area (Å²) in [6.45, 7) is 0.684. The van der Waals surface area contributed by atoms with Crippen LogP contribution in [-0.4, -0.2) is 27.0 Å². The Morgan fingerprint density at radius 3 is 2.60 bits per heavy atom. The first-order chi connectivity index (χ1) is 14.5. The second-order valence-electron chi connectivity index (χ2n) is 7.03. The number of anilines is 1. The molecule has 2 atom stereocenters. The SMILES string of the molecule is O=C(N[C@H](c1ccccc1)[C@@H]1CCCO1)c1cccc(NS(=O)(=O)c2cccs2)c1. The van der Waals surface area contributed by atoms with Crippen molar-refractivity contribution in [1.82, 2.24) is 5.32 Å². The van der Waals surface area contributed by atoms with E-state index < -0.39 is 10.0 Å². The number of ether oxygens (including phenoxy) is 1. The van der Waals surface area contributed by atoms with Gasteiger partial charge in [-0.15, -0.1) is 11.3 Å². The molecule has 1 aromatic heterocycles. The van der Waals surface area contributed by atoms with Crippen molar-refractivity contribution in [3.05, 3.63) is 83.2 Å². The summed E-state index contributed by atoms with van der Waals surface area (Å²) in [5.74, 6) is -0.281. The zero-order valence-corrected chi connectivity index (χ0v) is 17.8. The Labute approximate surface area is 180 Å². The Balaban J connectivity index is 1.53. The Morgan fingerprint density at radius 1 is 1.07 bits per heavy atom. The van der Waals surface area contributed by atoms with E-state index in [-0.39, 0.29) is 22.3 Å². The molecule has 156 valence electrons. The van der Waals surface area contributed by atoms with Gasteiger partial charge in [-0.1, -0.05) is 42.5 Å². The molecule has 0 spiro atoms. The molecule has 4 rings (SSSR count). The van der Waals surface area contributed by atoms with Crippen LogP contribution in [0.15, 0.2) is 76.3 Å². The summed E-state index contributed by atoms with van der Waals surface area (Å²) in [4.78, 5) is 13.0. The summed E-state index contributed by atoms with van der Waals surface area (Å²) in [6, 6.07) is 19.2. The van der Waals surface area contributed by atoms with Crippen LogP contribution in [0.1, 0.15) is 34.8 Å². The van der Waals surface area contributed by atoms with Gasteiger partial charge in [0.1, 0.15) is 4.21 Å². The number of rotatable bonds is 7. The largest absolute Gasteiger partial charge is 0.376 e. The second-order valence-corrected chi connectivity index (χ2v) is 9.89. The minimum Gasteiger partial charge on any atom is -0.376 e. The minimum absolute atomic E-state index is 0.0862. The van der Waals surface area contributed by atoms with Crippen molar-refractivity contribution in [3.8, 4) is 0 Å². The number of nitrogens with one attached hydrogen (secondary N) is 2. The fraction of sp³-hybridized carbons (Fsp3) is 0.227. The molecule has 8 heteroatoms. The summed E-state index contributed by atoms with van der Waals surface area (Å²) in [5.41, 5.74) is 1.69. The van der Waals surface area contributed by atoms with Gasteiger partial charge in [0, 0.05) is 17.9 Å². The van der Waals surface area contributed by atoms with E-state index in [1.54, 1.807) is 29.6 Å². The molecule has 6 nitrogen and oxygen atoms in total. The molecule has 2 aromatic carbocycles. The maximum atomic E-state index is 13.0. The molecular weight excluding hydrogens is 420 g/mol. The molecule has 1 aliphatic rings. The molecule has 2 N–H and O–H groups in total. The van der Waals surface area contributed by atoms with Crippen LogP contribution in [0.2, 0.25) is 0 Å². The van der Waals surface area contributed by atoms with E-state index in [9.17, 15) is 13.2 Å². The summed E-state index contributed by atoms with van der Waals surface area (Å²) < 4.78 is 33.5. The van der Waals surface area contributed by atoms with Crippen molar-refractivity contribution in [3.63, 3.8) is 0 Å². The van der Waals surface area contributed by atoms with Crippen LogP contribution >= 0.6 is 11.3 Å². The summed E-state index contributed by atoms with van der Waals surface area (Å²) in [5, 5.41) is 4.77. The first-order valence-corrected chi connectivity index (χ1v) is 12.0. The normalized spacial score (nSPS) is 17.4. The molecular formula is C22H22N2O4S2. The van der Waals surface area contributed by atoms with E-state index in [0.717, 1.165) is 29.7 Å². The minimum atomic E-state index is -3.67. The van der Waals surface area contributed by atoms with Gasteiger partial charge in [0.15, 0.2) is 0 Å². The Hall–Kier alpha value is -2.68. The highest BCUT2D eigenvalue weighted by Gasteiger charge is 2.29. The van der Waals surface area contributed by atoms with Crippen LogP contribution in [-0.2, 0) is 14.8 Å². The van der Waals surface area contributed by atoms with Crippen LogP contribution < -0.4 is 10.0 Å². The van der Waals surface area contributed by atoms with E-state index in [2.05, 4.69) is 10.0 Å². The fourth-order valence-electron chi connectivity index (χ4n) is 3.49. The summed E-state index contributed by atoms with van der Waals surface area (Å²) in [7, 11) is -3.67. The highest BCUT2D eigenvalue weighted by molar-refractivity contribution is 7.94. The molecule has 30 heavy (non-hydrogen) atoms. The highest BCUT2D eigenvalue weighted by Crippen LogP contribution is 2.27. The Morgan fingerprint density at radius 2 is 1.90 bits per heavy atom. The van der Waals surface area contributed by atoms with E-state index in [1.165, 1.54) is 12.1 Å². The predicted octanol–water partition coefficient (Wildman–Crippen LogP) is 4.20. The number of benzene rings is 2. The number of sulfonamides is 1. The maximum Gasteiger partial charge on any atom is 0.271 e. The third kappa shape index (κ3) is 4.72. The van der Waals surface area contributed by atoms with E-state index in [1.807, 2.05) is 30.3 Å². The van der Waals surface area contributed by atoms with Gasteiger partial charge in [-0.3, -0.25) is 9.52 Å². The lowest BCUT2D eigenvalue weighted by molar-refractivity contribution is 0.0672. The number of thiophene rings is 1. The molecule has 0 radical (unpaired) electrons. The molecule has 0 bridgehead atoms. The third-order valence-corrected chi connectivity index (χ3v) is 7.70. The van der Waals surface area contributed by atoms with E-state index >= 15 is 0 Å². The van der Waals surface area contributed by atoms with Crippen LogP contribution in [0.3, 0.4) is 0 Å². The van der Waals surface area contributed by atoms with Crippen LogP contribution in [0, 0.1) is 0 Å².